The van der Waals surface area contributed by atoms with Gasteiger partial charge in [0.05, 0.1) is 7.11 Å². The van der Waals surface area contributed by atoms with Gasteiger partial charge in [-0.3, -0.25) is 4.90 Å². The van der Waals surface area contributed by atoms with Crippen molar-refractivity contribution in [2.45, 2.75) is 6.54 Å². The summed E-state index contributed by atoms with van der Waals surface area (Å²) in [7, 11) is 3.83. The van der Waals surface area contributed by atoms with Crippen LogP contribution in [0.3, 0.4) is 0 Å². The van der Waals surface area contributed by atoms with Gasteiger partial charge in [-0.1, -0.05) is 0 Å². The Labute approximate surface area is 131 Å². The van der Waals surface area contributed by atoms with E-state index in [1.165, 1.54) is 0 Å². The van der Waals surface area contributed by atoms with Crippen molar-refractivity contribution in [1.29, 1.82) is 5.26 Å². The number of nitriles is 1. The maximum Gasteiger partial charge on any atom is 0.121 e. The molecule has 1 saturated heterocycles. The van der Waals surface area contributed by atoms with Gasteiger partial charge in [0.25, 0.3) is 0 Å². The largest absolute Gasteiger partial charge is 0.497 e. The van der Waals surface area contributed by atoms with Gasteiger partial charge < -0.3 is 14.2 Å². The fraction of sp³-hybridized carbons (Fsp3) is 0.471. The number of hydrogen-bond acceptors (Lipinski definition) is 4. The van der Waals surface area contributed by atoms with E-state index in [1.807, 2.05) is 24.3 Å². The first-order valence-corrected chi connectivity index (χ1v) is 7.69. The summed E-state index contributed by atoms with van der Waals surface area (Å²) in [6, 6.07) is 10.2. The molecule has 0 atom stereocenters. The molecule has 1 fully saturated rings. The zero-order valence-electron chi connectivity index (χ0n) is 13.2. The number of aromatic nitrogens is 1. The molecule has 22 heavy (non-hydrogen) atoms. The summed E-state index contributed by atoms with van der Waals surface area (Å²) in [6.07, 6.45) is 0. The molecular formula is C17H22N4O. The Hall–Kier alpha value is -2.03. The molecule has 2 heterocycles. The topological polar surface area (TPSA) is 44.4 Å². The van der Waals surface area contributed by atoms with Crippen molar-refractivity contribution < 1.29 is 4.74 Å². The average molecular weight is 298 g/mol. The lowest BCUT2D eigenvalue weighted by molar-refractivity contribution is 0.150. The van der Waals surface area contributed by atoms with Crippen LogP contribution in [0.25, 0.3) is 10.9 Å². The zero-order valence-corrected chi connectivity index (χ0v) is 13.2. The maximum absolute atomic E-state index is 9.40. The highest BCUT2D eigenvalue weighted by Gasteiger charge is 2.15. The lowest BCUT2D eigenvalue weighted by Crippen LogP contribution is -2.45. The van der Waals surface area contributed by atoms with Crippen molar-refractivity contribution in [2.75, 3.05) is 46.9 Å². The van der Waals surface area contributed by atoms with Crippen LogP contribution < -0.4 is 4.74 Å². The molecule has 1 aliphatic rings. The van der Waals surface area contributed by atoms with E-state index in [0.29, 0.717) is 0 Å². The summed E-state index contributed by atoms with van der Waals surface area (Å²) in [4.78, 5) is 4.82. The van der Waals surface area contributed by atoms with Crippen molar-refractivity contribution in [3.8, 4) is 11.8 Å². The summed E-state index contributed by atoms with van der Waals surface area (Å²) in [5.74, 6) is 0.827. The third-order valence-corrected chi connectivity index (χ3v) is 4.46. The summed E-state index contributed by atoms with van der Waals surface area (Å²) in [5, 5.41) is 10.5. The van der Waals surface area contributed by atoms with Crippen LogP contribution in [0.1, 0.15) is 5.69 Å². The van der Waals surface area contributed by atoms with Crippen molar-refractivity contribution in [2.24, 2.45) is 0 Å². The van der Waals surface area contributed by atoms with Crippen LogP contribution in [-0.4, -0.2) is 61.2 Å². The van der Waals surface area contributed by atoms with Gasteiger partial charge in [0, 0.05) is 50.2 Å². The molecule has 1 aliphatic heterocycles. The van der Waals surface area contributed by atoms with Crippen molar-refractivity contribution in [3.05, 3.63) is 30.0 Å². The predicted octanol–water partition coefficient (Wildman–Crippen LogP) is 1.77. The molecule has 0 aliphatic carbocycles. The number of piperazine rings is 1. The number of ether oxygens (including phenoxy) is 1. The number of benzene rings is 1. The van der Waals surface area contributed by atoms with Gasteiger partial charge in [-0.05, 0) is 31.3 Å². The highest BCUT2D eigenvalue weighted by Crippen LogP contribution is 2.24. The molecule has 0 radical (unpaired) electrons. The molecular weight excluding hydrogens is 276 g/mol. The number of likely N-dealkylation sites (N-methyl/N-ethyl adjacent to an activating group) is 1. The normalized spacial score (nSPS) is 16.8. The number of fused-ring (bicyclic) bond motifs is 1. The fourth-order valence-electron chi connectivity index (χ4n) is 3.02. The van der Waals surface area contributed by atoms with Gasteiger partial charge >= 0.3 is 0 Å². The first kappa shape index (κ1) is 14.9. The van der Waals surface area contributed by atoms with E-state index < -0.39 is 0 Å². The summed E-state index contributed by atoms with van der Waals surface area (Å²) < 4.78 is 7.38. The summed E-state index contributed by atoms with van der Waals surface area (Å²) >= 11 is 0. The van der Waals surface area contributed by atoms with Crippen molar-refractivity contribution >= 4 is 10.9 Å². The van der Waals surface area contributed by atoms with Crippen LogP contribution in [0.4, 0.5) is 0 Å². The SMILES string of the molecule is COc1ccc2c(c1)cc(C#N)n2CCN1CCN(C)CC1. The highest BCUT2D eigenvalue weighted by molar-refractivity contribution is 5.83. The van der Waals surface area contributed by atoms with Crippen molar-refractivity contribution in [1.82, 2.24) is 14.4 Å². The number of nitrogens with zero attached hydrogens (tertiary/aromatic N) is 4. The summed E-state index contributed by atoms with van der Waals surface area (Å²) in [5.41, 5.74) is 1.82. The lowest BCUT2D eigenvalue weighted by atomic mass is 10.2. The average Bonchev–Trinajstić information content (AvgIpc) is 2.91. The van der Waals surface area contributed by atoms with Crippen molar-refractivity contribution in [3.63, 3.8) is 0 Å². The molecule has 116 valence electrons. The lowest BCUT2D eigenvalue weighted by Gasteiger charge is -2.32. The minimum atomic E-state index is 0.720. The second-order valence-corrected chi connectivity index (χ2v) is 5.86. The molecule has 0 amide bonds. The Morgan fingerprint density at radius 3 is 2.59 bits per heavy atom. The van der Waals surface area contributed by atoms with Gasteiger partial charge in [0.15, 0.2) is 0 Å². The van der Waals surface area contributed by atoms with E-state index in [-0.39, 0.29) is 0 Å². The predicted molar refractivity (Wildman–Crippen MR) is 87.1 cm³/mol. The number of rotatable bonds is 4. The minimum absolute atomic E-state index is 0.720. The van der Waals surface area contributed by atoms with Gasteiger partial charge in [-0.2, -0.15) is 5.26 Å². The van der Waals surface area contributed by atoms with E-state index in [4.69, 9.17) is 4.74 Å². The molecule has 1 aromatic heterocycles. The van der Waals surface area contributed by atoms with Crippen LogP contribution in [-0.2, 0) is 6.54 Å². The first-order valence-electron chi connectivity index (χ1n) is 7.69. The zero-order chi connectivity index (χ0) is 15.5. The van der Waals surface area contributed by atoms with Gasteiger partial charge in [-0.25, -0.2) is 0 Å². The smallest absolute Gasteiger partial charge is 0.121 e. The molecule has 0 N–H and O–H groups in total. The van der Waals surface area contributed by atoms with Crippen LogP contribution >= 0.6 is 0 Å². The van der Waals surface area contributed by atoms with Gasteiger partial charge in [0.1, 0.15) is 17.5 Å². The van der Waals surface area contributed by atoms with Crippen LogP contribution in [0.5, 0.6) is 5.75 Å². The maximum atomic E-state index is 9.40. The Morgan fingerprint density at radius 1 is 1.14 bits per heavy atom. The van der Waals surface area contributed by atoms with E-state index >= 15 is 0 Å². The van der Waals surface area contributed by atoms with Gasteiger partial charge in [0.2, 0.25) is 0 Å². The van der Waals surface area contributed by atoms with E-state index in [2.05, 4.69) is 27.5 Å². The van der Waals surface area contributed by atoms with E-state index in [1.54, 1.807) is 7.11 Å². The number of methoxy groups -OCH3 is 1. The van der Waals surface area contributed by atoms with Crippen LogP contribution in [0, 0.1) is 11.3 Å². The van der Waals surface area contributed by atoms with Crippen LogP contribution in [0.15, 0.2) is 24.3 Å². The van der Waals surface area contributed by atoms with Crippen LogP contribution in [0.2, 0.25) is 0 Å². The molecule has 2 aromatic rings. The minimum Gasteiger partial charge on any atom is -0.497 e. The molecule has 5 heteroatoms. The summed E-state index contributed by atoms with van der Waals surface area (Å²) in [6.45, 7) is 6.28. The molecule has 0 saturated carbocycles. The number of hydrogen-bond donors (Lipinski definition) is 0. The Balaban J connectivity index is 1.79. The fourth-order valence-corrected chi connectivity index (χ4v) is 3.02. The first-order chi connectivity index (χ1) is 10.7. The third kappa shape index (κ3) is 2.94. The quantitative estimate of drug-likeness (QED) is 0.863. The highest BCUT2D eigenvalue weighted by atomic mass is 16.5. The monoisotopic (exact) mass is 298 g/mol. The second kappa shape index (κ2) is 6.39. The second-order valence-electron chi connectivity index (χ2n) is 5.86. The molecule has 0 unspecified atom stereocenters. The Morgan fingerprint density at radius 2 is 1.91 bits per heavy atom. The molecule has 5 nitrogen and oxygen atoms in total. The molecule has 3 rings (SSSR count). The van der Waals surface area contributed by atoms with E-state index in [9.17, 15) is 5.26 Å². The Bertz CT molecular complexity index is 692. The van der Waals surface area contributed by atoms with Gasteiger partial charge in [-0.15, -0.1) is 0 Å². The molecule has 1 aromatic carbocycles. The Kier molecular flexibility index (Phi) is 4.32. The standard InChI is InChI=1S/C17H22N4O/c1-19-5-7-20(8-6-19)9-10-21-15(13-18)11-14-12-16(22-2)3-4-17(14)21/h3-4,11-12H,5-10H2,1-2H3. The molecule has 0 bridgehead atoms. The van der Waals surface area contributed by atoms with E-state index in [0.717, 1.165) is 61.6 Å². The third-order valence-electron chi connectivity index (χ3n) is 4.46. The molecule has 0 spiro atoms.